The third-order valence-corrected chi connectivity index (χ3v) is 6.10. The van der Waals surface area contributed by atoms with Crippen molar-refractivity contribution in [3.8, 4) is 0 Å². The van der Waals surface area contributed by atoms with Gasteiger partial charge in [0.15, 0.2) is 5.69 Å². The van der Waals surface area contributed by atoms with Gasteiger partial charge in [0.1, 0.15) is 17.9 Å². The quantitative estimate of drug-likeness (QED) is 0.468. The number of hydrogen-bond donors (Lipinski definition) is 3. The van der Waals surface area contributed by atoms with Crippen LogP contribution in [-0.4, -0.2) is 45.4 Å². The van der Waals surface area contributed by atoms with Crippen LogP contribution in [0.15, 0.2) is 39.9 Å². The van der Waals surface area contributed by atoms with E-state index in [1.165, 1.54) is 4.57 Å². The molecule has 2 heterocycles. The molecule has 0 aliphatic carbocycles. The number of benzene rings is 1. The van der Waals surface area contributed by atoms with E-state index >= 15 is 0 Å². The highest BCUT2D eigenvalue weighted by molar-refractivity contribution is 6.11. The van der Waals surface area contributed by atoms with Gasteiger partial charge in [-0.05, 0) is 25.3 Å². The zero-order valence-electron chi connectivity index (χ0n) is 19.6. The van der Waals surface area contributed by atoms with Crippen LogP contribution in [0.5, 0.6) is 0 Å². The highest BCUT2D eigenvalue weighted by Gasteiger charge is 2.51. The highest BCUT2D eigenvalue weighted by Crippen LogP contribution is 2.32. The van der Waals surface area contributed by atoms with E-state index < -0.39 is 41.2 Å². The number of carbonyl (C=O) groups excluding carboxylic acids is 3. The number of likely N-dealkylation sites (N-methyl/N-ethyl adjacent to an activating group) is 1. The van der Waals surface area contributed by atoms with E-state index in [0.29, 0.717) is 18.4 Å². The number of aromatic amines is 1. The summed E-state index contributed by atoms with van der Waals surface area (Å²) < 4.78 is 1.21. The predicted molar refractivity (Wildman–Crippen MR) is 127 cm³/mol. The van der Waals surface area contributed by atoms with E-state index in [2.05, 4.69) is 10.3 Å². The normalized spacial score (nSPS) is 17.7. The van der Waals surface area contributed by atoms with Crippen molar-refractivity contribution in [2.75, 3.05) is 23.7 Å². The molecule has 3 rings (SSSR count). The molecule has 0 bridgehead atoms. The molecule has 11 heteroatoms. The summed E-state index contributed by atoms with van der Waals surface area (Å²) >= 11 is 0. The van der Waals surface area contributed by atoms with E-state index in [4.69, 9.17) is 5.73 Å². The van der Waals surface area contributed by atoms with Gasteiger partial charge >= 0.3 is 11.7 Å². The minimum atomic E-state index is -1.28. The summed E-state index contributed by atoms with van der Waals surface area (Å²) in [5.74, 6) is -1.36. The smallest absolute Gasteiger partial charge is 0.330 e. The van der Waals surface area contributed by atoms with Gasteiger partial charge in [-0.25, -0.2) is 9.59 Å². The molecule has 0 unspecified atom stereocenters. The number of urea groups is 1. The maximum atomic E-state index is 13.3. The minimum Gasteiger partial charge on any atom is -0.383 e. The summed E-state index contributed by atoms with van der Waals surface area (Å²) in [6, 6.07) is 8.12. The Balaban J connectivity index is 1.93. The molecule has 1 aliphatic heterocycles. The molecule has 2 aromatic rings. The standard InChI is InChI=1S/C23H30N6O5/c1-4-7-13-28-18(24)17(19(31)25-21(28)33)27(6-3)16(30)14-29-20(32)23(5-2,26-22(29)34)15-11-9-8-10-12-15/h8-12H,4-7,13-14,24H2,1-3H3,(H,26,34)(H,25,31,33)/t23-/m1/s1. The molecule has 0 spiro atoms. The van der Waals surface area contributed by atoms with E-state index in [1.807, 2.05) is 6.92 Å². The summed E-state index contributed by atoms with van der Waals surface area (Å²) in [4.78, 5) is 68.3. The van der Waals surface area contributed by atoms with Crippen LogP contribution in [0.4, 0.5) is 16.3 Å². The summed E-state index contributed by atoms with van der Waals surface area (Å²) in [5.41, 5.74) is 3.82. The molecular formula is C23H30N6O5. The van der Waals surface area contributed by atoms with E-state index in [0.717, 1.165) is 16.2 Å². The molecule has 182 valence electrons. The van der Waals surface area contributed by atoms with Crippen LogP contribution < -0.4 is 27.2 Å². The average Bonchev–Trinajstić information content (AvgIpc) is 3.07. The topological polar surface area (TPSA) is 151 Å². The molecule has 1 saturated heterocycles. The fourth-order valence-corrected chi connectivity index (χ4v) is 4.19. The number of anilines is 2. The number of amides is 4. The van der Waals surface area contributed by atoms with Crippen molar-refractivity contribution in [3.63, 3.8) is 0 Å². The number of unbranched alkanes of at least 4 members (excludes halogenated alkanes) is 1. The van der Waals surface area contributed by atoms with Crippen molar-refractivity contribution in [1.82, 2.24) is 19.8 Å². The SMILES string of the molecule is CCCCn1c(N)c(N(CC)C(=O)CN2C(=O)N[C@](CC)(c3ccccc3)C2=O)c(=O)[nH]c1=O. The fourth-order valence-electron chi connectivity index (χ4n) is 4.19. The first-order chi connectivity index (χ1) is 16.2. The second kappa shape index (κ2) is 9.94. The molecule has 0 saturated carbocycles. The Kier molecular flexibility index (Phi) is 7.23. The predicted octanol–water partition coefficient (Wildman–Crippen LogP) is 1.13. The highest BCUT2D eigenvalue weighted by atomic mass is 16.2. The fraction of sp³-hybridized carbons (Fsp3) is 0.435. The molecular weight excluding hydrogens is 440 g/mol. The number of nitrogen functional groups attached to an aromatic ring is 1. The Labute approximate surface area is 196 Å². The second-order valence-electron chi connectivity index (χ2n) is 8.08. The lowest BCUT2D eigenvalue weighted by atomic mass is 9.87. The van der Waals surface area contributed by atoms with Crippen molar-refractivity contribution < 1.29 is 14.4 Å². The Morgan fingerprint density at radius 1 is 1.09 bits per heavy atom. The van der Waals surface area contributed by atoms with Crippen molar-refractivity contribution in [2.24, 2.45) is 0 Å². The Bertz CT molecular complexity index is 1200. The average molecular weight is 471 g/mol. The first kappa shape index (κ1) is 24.7. The van der Waals surface area contributed by atoms with Crippen LogP contribution >= 0.6 is 0 Å². The summed E-state index contributed by atoms with van der Waals surface area (Å²) in [6.45, 7) is 5.08. The van der Waals surface area contributed by atoms with E-state index in [1.54, 1.807) is 44.2 Å². The maximum absolute atomic E-state index is 13.3. The number of imide groups is 1. The van der Waals surface area contributed by atoms with Gasteiger partial charge < -0.3 is 16.0 Å². The molecule has 1 aromatic carbocycles. The molecule has 4 N–H and O–H groups in total. The lowest BCUT2D eigenvalue weighted by molar-refractivity contribution is -0.134. The van der Waals surface area contributed by atoms with Crippen LogP contribution in [0, 0.1) is 0 Å². The van der Waals surface area contributed by atoms with Crippen LogP contribution in [-0.2, 0) is 21.7 Å². The molecule has 1 atom stereocenters. The second-order valence-corrected chi connectivity index (χ2v) is 8.08. The van der Waals surface area contributed by atoms with Gasteiger partial charge in [0.05, 0.1) is 0 Å². The van der Waals surface area contributed by atoms with Crippen molar-refractivity contribution in [2.45, 2.75) is 52.1 Å². The number of rotatable bonds is 9. The summed E-state index contributed by atoms with van der Waals surface area (Å²) in [5, 5.41) is 2.73. The van der Waals surface area contributed by atoms with Crippen LogP contribution in [0.25, 0.3) is 0 Å². The van der Waals surface area contributed by atoms with E-state index in [9.17, 15) is 24.0 Å². The Hall–Kier alpha value is -3.89. The summed E-state index contributed by atoms with van der Waals surface area (Å²) in [7, 11) is 0. The van der Waals surface area contributed by atoms with Crippen LogP contribution in [0.2, 0.25) is 0 Å². The summed E-state index contributed by atoms with van der Waals surface area (Å²) in [6.07, 6.45) is 1.74. The number of carbonyl (C=O) groups is 3. The maximum Gasteiger partial charge on any atom is 0.330 e. The molecule has 1 aromatic heterocycles. The van der Waals surface area contributed by atoms with Gasteiger partial charge in [0.25, 0.3) is 11.5 Å². The zero-order valence-corrected chi connectivity index (χ0v) is 19.6. The monoisotopic (exact) mass is 470 g/mol. The Morgan fingerprint density at radius 3 is 2.35 bits per heavy atom. The van der Waals surface area contributed by atoms with Gasteiger partial charge in [-0.1, -0.05) is 50.6 Å². The van der Waals surface area contributed by atoms with Gasteiger partial charge in [-0.3, -0.25) is 28.8 Å². The molecule has 1 fully saturated rings. The number of nitrogens with two attached hydrogens (primary N) is 1. The number of nitrogens with one attached hydrogen (secondary N) is 2. The Morgan fingerprint density at radius 2 is 1.76 bits per heavy atom. The number of nitrogens with zero attached hydrogens (tertiary/aromatic N) is 3. The first-order valence-corrected chi connectivity index (χ1v) is 11.3. The third kappa shape index (κ3) is 4.20. The van der Waals surface area contributed by atoms with Gasteiger partial charge in [0, 0.05) is 13.1 Å². The van der Waals surface area contributed by atoms with Crippen molar-refractivity contribution >= 4 is 29.4 Å². The molecule has 11 nitrogen and oxygen atoms in total. The number of hydrogen-bond acceptors (Lipinski definition) is 6. The van der Waals surface area contributed by atoms with E-state index in [-0.39, 0.29) is 24.6 Å². The lowest BCUT2D eigenvalue weighted by Gasteiger charge is -2.27. The van der Waals surface area contributed by atoms with Crippen LogP contribution in [0.3, 0.4) is 0 Å². The zero-order chi connectivity index (χ0) is 25.0. The molecule has 1 aliphatic rings. The van der Waals surface area contributed by atoms with Gasteiger partial charge in [-0.15, -0.1) is 0 Å². The van der Waals surface area contributed by atoms with Crippen molar-refractivity contribution in [3.05, 3.63) is 56.7 Å². The first-order valence-electron chi connectivity index (χ1n) is 11.3. The molecule has 0 radical (unpaired) electrons. The van der Waals surface area contributed by atoms with Crippen LogP contribution in [0.1, 0.15) is 45.6 Å². The minimum absolute atomic E-state index is 0.0410. The third-order valence-electron chi connectivity index (χ3n) is 6.10. The number of H-pyrrole nitrogens is 1. The molecule has 4 amide bonds. The lowest BCUT2D eigenvalue weighted by Crippen LogP contribution is -2.47. The molecule has 34 heavy (non-hydrogen) atoms. The van der Waals surface area contributed by atoms with Gasteiger partial charge in [-0.2, -0.15) is 0 Å². The number of aromatic nitrogens is 2. The van der Waals surface area contributed by atoms with Crippen molar-refractivity contribution in [1.29, 1.82) is 0 Å². The largest absolute Gasteiger partial charge is 0.383 e. The van der Waals surface area contributed by atoms with Gasteiger partial charge in [0.2, 0.25) is 5.91 Å².